The molecule has 0 fully saturated rings. The van der Waals surface area contributed by atoms with Gasteiger partial charge in [-0.05, 0) is 0 Å². The van der Waals surface area contributed by atoms with Crippen molar-refractivity contribution < 1.29 is 0 Å². The average Bonchev–Trinajstić information content (AvgIpc) is 2.95. The molecule has 3 aromatic carbocycles. The van der Waals surface area contributed by atoms with E-state index in [1.807, 2.05) is 0 Å². The van der Waals surface area contributed by atoms with Crippen molar-refractivity contribution in [3.05, 3.63) is 84.9 Å². The van der Waals surface area contributed by atoms with E-state index in [4.69, 9.17) is 0 Å². The molecule has 1 aromatic heterocycles. The Morgan fingerprint density at radius 3 is 2.05 bits per heavy atom. The SMILES string of the molecule is c1ccc([Se]c2c(-c3ccccc3)[se]c3ccccc23)cc1. The third-order valence-corrected chi connectivity index (χ3v) is 9.15. The molecule has 0 nitrogen and oxygen atoms in total. The van der Waals surface area contributed by atoms with Crippen LogP contribution < -0.4 is 8.92 Å². The first-order valence-electron chi connectivity index (χ1n) is 7.22. The first-order chi connectivity index (χ1) is 10.9. The summed E-state index contributed by atoms with van der Waals surface area (Å²) < 4.78 is 6.12. The summed E-state index contributed by atoms with van der Waals surface area (Å²) in [5.74, 6) is 0. The Hall–Kier alpha value is -1.56. The Labute approximate surface area is 142 Å². The summed E-state index contributed by atoms with van der Waals surface area (Å²) >= 11 is 0.782. The number of rotatable bonds is 3. The molecule has 0 saturated carbocycles. The van der Waals surface area contributed by atoms with Crippen molar-refractivity contribution in [2.24, 2.45) is 0 Å². The van der Waals surface area contributed by atoms with E-state index < -0.39 is 0 Å². The van der Waals surface area contributed by atoms with Crippen molar-refractivity contribution in [3.63, 3.8) is 0 Å². The summed E-state index contributed by atoms with van der Waals surface area (Å²) in [4.78, 5) is 0. The number of hydrogen-bond acceptors (Lipinski definition) is 0. The maximum absolute atomic E-state index is 2.30. The third kappa shape index (κ3) is 2.72. The topological polar surface area (TPSA) is 0 Å². The Bertz CT molecular complexity index is 893. The van der Waals surface area contributed by atoms with Gasteiger partial charge in [0.2, 0.25) is 0 Å². The van der Waals surface area contributed by atoms with Crippen molar-refractivity contribution >= 4 is 48.0 Å². The molecule has 0 atom stereocenters. The van der Waals surface area contributed by atoms with E-state index in [0.29, 0.717) is 29.5 Å². The molecule has 0 aliphatic rings. The number of fused-ring (bicyclic) bond motifs is 1. The molecule has 0 unspecified atom stereocenters. The van der Waals surface area contributed by atoms with Crippen LogP contribution in [0.3, 0.4) is 0 Å². The fraction of sp³-hybridized carbons (Fsp3) is 0. The summed E-state index contributed by atoms with van der Waals surface area (Å²) in [6.45, 7) is 0. The number of benzene rings is 3. The molecule has 0 aliphatic heterocycles. The van der Waals surface area contributed by atoms with Gasteiger partial charge in [-0.1, -0.05) is 0 Å². The Morgan fingerprint density at radius 1 is 0.636 bits per heavy atom. The maximum atomic E-state index is 2.30. The standard InChI is InChI=1S/C20H14Se2/c1-3-9-15(10-4-1)19-20(21-16-11-5-2-6-12-16)17-13-7-8-14-18(17)22-19/h1-14H. The molecule has 0 radical (unpaired) electrons. The second-order valence-electron chi connectivity index (χ2n) is 5.04. The molecule has 4 aromatic rings. The molecule has 0 amide bonds. The molecule has 0 saturated heterocycles. The summed E-state index contributed by atoms with van der Waals surface area (Å²) in [7, 11) is 0. The second-order valence-corrected chi connectivity index (χ2v) is 9.52. The average molecular weight is 412 g/mol. The summed E-state index contributed by atoms with van der Waals surface area (Å²) in [6, 6.07) is 30.7. The van der Waals surface area contributed by atoms with Gasteiger partial charge in [-0.2, -0.15) is 0 Å². The Balaban J connectivity index is 1.91. The minimum atomic E-state index is 0.362. The molecule has 0 N–H and O–H groups in total. The van der Waals surface area contributed by atoms with E-state index in [-0.39, 0.29) is 0 Å². The van der Waals surface area contributed by atoms with Crippen molar-refractivity contribution in [1.29, 1.82) is 0 Å². The van der Waals surface area contributed by atoms with Gasteiger partial charge >= 0.3 is 143 Å². The fourth-order valence-corrected chi connectivity index (χ4v) is 8.22. The van der Waals surface area contributed by atoms with Gasteiger partial charge in [0, 0.05) is 0 Å². The molecular formula is C20H14Se2. The summed E-state index contributed by atoms with van der Waals surface area (Å²) in [6.07, 6.45) is 0. The van der Waals surface area contributed by atoms with Gasteiger partial charge in [0.05, 0.1) is 0 Å². The van der Waals surface area contributed by atoms with Gasteiger partial charge in [-0.15, -0.1) is 0 Å². The van der Waals surface area contributed by atoms with Crippen LogP contribution in [0.1, 0.15) is 0 Å². The van der Waals surface area contributed by atoms with Gasteiger partial charge in [0.25, 0.3) is 0 Å². The molecule has 0 aliphatic carbocycles. The second kappa shape index (κ2) is 6.28. The predicted octanol–water partition coefficient (Wildman–Crippen LogP) is 3.22. The van der Waals surface area contributed by atoms with E-state index >= 15 is 0 Å². The third-order valence-electron chi connectivity index (χ3n) is 3.55. The van der Waals surface area contributed by atoms with Gasteiger partial charge < -0.3 is 0 Å². The van der Waals surface area contributed by atoms with Gasteiger partial charge in [-0.3, -0.25) is 0 Å². The van der Waals surface area contributed by atoms with E-state index in [2.05, 4.69) is 84.9 Å². The van der Waals surface area contributed by atoms with Crippen molar-refractivity contribution in [1.82, 2.24) is 0 Å². The van der Waals surface area contributed by atoms with Crippen molar-refractivity contribution in [2.75, 3.05) is 0 Å². The van der Waals surface area contributed by atoms with Crippen LogP contribution in [0.2, 0.25) is 0 Å². The monoisotopic (exact) mass is 414 g/mol. The fourth-order valence-electron chi connectivity index (χ4n) is 2.51. The number of hydrogen-bond donors (Lipinski definition) is 0. The Kier molecular flexibility index (Phi) is 4.01. The van der Waals surface area contributed by atoms with Crippen LogP contribution in [0.4, 0.5) is 0 Å². The van der Waals surface area contributed by atoms with Gasteiger partial charge in [0.1, 0.15) is 0 Å². The molecular weight excluding hydrogens is 398 g/mol. The zero-order valence-electron chi connectivity index (χ0n) is 11.9. The molecule has 2 heteroatoms. The molecule has 22 heavy (non-hydrogen) atoms. The van der Waals surface area contributed by atoms with E-state index in [1.54, 1.807) is 8.90 Å². The Morgan fingerprint density at radius 2 is 1.27 bits per heavy atom. The van der Waals surface area contributed by atoms with Gasteiger partial charge in [0.15, 0.2) is 0 Å². The van der Waals surface area contributed by atoms with Crippen molar-refractivity contribution in [2.45, 2.75) is 0 Å². The van der Waals surface area contributed by atoms with Gasteiger partial charge in [-0.25, -0.2) is 0 Å². The quantitative estimate of drug-likeness (QED) is 0.454. The zero-order chi connectivity index (χ0) is 14.8. The summed E-state index contributed by atoms with van der Waals surface area (Å²) in [5.41, 5.74) is 1.39. The normalized spacial score (nSPS) is 10.9. The first kappa shape index (κ1) is 14.1. The van der Waals surface area contributed by atoms with Crippen LogP contribution in [-0.2, 0) is 0 Å². The van der Waals surface area contributed by atoms with Crippen LogP contribution in [0.15, 0.2) is 84.9 Å². The van der Waals surface area contributed by atoms with Crippen LogP contribution >= 0.6 is 0 Å². The van der Waals surface area contributed by atoms with E-state index in [9.17, 15) is 0 Å². The van der Waals surface area contributed by atoms with Crippen LogP contribution in [-0.4, -0.2) is 29.5 Å². The van der Waals surface area contributed by atoms with Crippen LogP contribution in [0.5, 0.6) is 0 Å². The minimum absolute atomic E-state index is 0.362. The predicted molar refractivity (Wildman–Crippen MR) is 97.8 cm³/mol. The van der Waals surface area contributed by atoms with E-state index in [0.717, 1.165) is 0 Å². The zero-order valence-corrected chi connectivity index (χ0v) is 15.3. The van der Waals surface area contributed by atoms with Crippen LogP contribution in [0, 0.1) is 0 Å². The molecule has 106 valence electrons. The van der Waals surface area contributed by atoms with Crippen LogP contribution in [0.25, 0.3) is 19.6 Å². The van der Waals surface area contributed by atoms with Crippen molar-refractivity contribution in [3.8, 4) is 10.0 Å². The molecule has 4 rings (SSSR count). The molecule has 0 spiro atoms. The summed E-state index contributed by atoms with van der Waals surface area (Å²) in [5, 5.41) is 1.48. The molecule has 1 heterocycles. The molecule has 0 bridgehead atoms. The van der Waals surface area contributed by atoms with E-state index in [1.165, 1.54) is 19.7 Å². The first-order valence-corrected chi connectivity index (χ1v) is 10.6.